The number of nitrogens with zero attached hydrogens (tertiary/aromatic N) is 3. The van der Waals surface area contributed by atoms with Gasteiger partial charge in [0.25, 0.3) is 0 Å². The predicted molar refractivity (Wildman–Crippen MR) is 224 cm³/mol. The zero-order valence-electron chi connectivity index (χ0n) is 31.8. The third-order valence-electron chi connectivity index (χ3n) is 10.6. The Kier molecular flexibility index (Phi) is 11.0. The van der Waals surface area contributed by atoms with Gasteiger partial charge in [0.05, 0.1) is 28.8 Å². The number of aromatic nitrogens is 1. The van der Waals surface area contributed by atoms with Crippen molar-refractivity contribution < 1.29 is 0 Å². The standard InChI is InChI=1S/C50H48N4/c1-5-6-8-16-35(2)31-36(3)53-49(39-26-24-38(34-51)25-27-39)54-37(4)40-17-15-18-41(32-40)42-28-29-47-45(33-42)44-21-11-12-22-46(44)50(47,43-19-9-7-10-20-43)48-23-13-14-30-52-48/h7-11,13-21,23-33,36-37H,5-6,12,22H2,1-4H3,(H,53,54)/b16-8-,35-31-. The number of hydrogen-bond acceptors (Lipinski definition) is 3. The Morgan fingerprint density at radius 2 is 1.72 bits per heavy atom. The lowest BCUT2D eigenvalue weighted by molar-refractivity contribution is 0.673. The molecule has 1 aromatic heterocycles. The minimum atomic E-state index is -0.437. The Hall–Kier alpha value is -6.05. The van der Waals surface area contributed by atoms with Gasteiger partial charge in [0.2, 0.25) is 0 Å². The van der Waals surface area contributed by atoms with Gasteiger partial charge in [-0.25, -0.2) is 0 Å². The normalized spacial score (nSPS) is 17.9. The second-order valence-corrected chi connectivity index (χ2v) is 14.4. The number of hydrogen-bond donors (Lipinski definition) is 1. The molecule has 0 bridgehead atoms. The molecule has 0 fully saturated rings. The van der Waals surface area contributed by atoms with E-state index in [1.807, 2.05) is 36.5 Å². The van der Waals surface area contributed by atoms with Crippen molar-refractivity contribution in [3.8, 4) is 17.2 Å². The van der Waals surface area contributed by atoms with Crippen LogP contribution in [0.3, 0.4) is 0 Å². The Morgan fingerprint density at radius 1 is 0.926 bits per heavy atom. The SMILES string of the molecule is CCC/C=C\C(C)=C/C(C)NC(=NC(C)c1cccc(-c2ccc3c(c2)C2=C(CCC=C2)C3(c2ccccc2)c2ccccn2)c1)c1ccc(C#N)cc1. The highest BCUT2D eigenvalue weighted by atomic mass is 15.0. The maximum Gasteiger partial charge on any atom is 0.129 e. The zero-order chi connectivity index (χ0) is 37.5. The van der Waals surface area contributed by atoms with Crippen LogP contribution in [0, 0.1) is 11.3 Å². The molecule has 0 aliphatic heterocycles. The van der Waals surface area contributed by atoms with Crippen LogP contribution in [0.1, 0.15) is 98.5 Å². The minimum Gasteiger partial charge on any atom is -0.364 e. The van der Waals surface area contributed by atoms with Crippen molar-refractivity contribution >= 4 is 11.4 Å². The van der Waals surface area contributed by atoms with Gasteiger partial charge in [-0.2, -0.15) is 5.26 Å². The first-order valence-electron chi connectivity index (χ1n) is 19.2. The van der Waals surface area contributed by atoms with Gasteiger partial charge in [-0.3, -0.25) is 9.98 Å². The molecule has 3 atom stereocenters. The molecule has 4 heteroatoms. The summed E-state index contributed by atoms with van der Waals surface area (Å²) in [5, 5.41) is 13.1. The molecule has 268 valence electrons. The Balaban J connectivity index is 1.26. The van der Waals surface area contributed by atoms with Gasteiger partial charge < -0.3 is 5.32 Å². The number of aliphatic imine (C=N–C) groups is 1. The fourth-order valence-electron chi connectivity index (χ4n) is 8.07. The van der Waals surface area contributed by atoms with Gasteiger partial charge in [-0.15, -0.1) is 0 Å². The number of nitrogens with one attached hydrogen (secondary N) is 1. The van der Waals surface area contributed by atoms with E-state index in [1.54, 1.807) is 0 Å². The van der Waals surface area contributed by atoms with Crippen LogP contribution in [0.4, 0.5) is 0 Å². The predicted octanol–water partition coefficient (Wildman–Crippen LogP) is 11.9. The molecule has 5 aromatic rings. The monoisotopic (exact) mass is 704 g/mol. The van der Waals surface area contributed by atoms with E-state index in [0.29, 0.717) is 5.56 Å². The van der Waals surface area contributed by atoms with Crippen molar-refractivity contribution in [1.29, 1.82) is 5.26 Å². The van der Waals surface area contributed by atoms with Crippen molar-refractivity contribution in [2.24, 2.45) is 4.99 Å². The molecule has 1 heterocycles. The second kappa shape index (κ2) is 16.3. The average Bonchev–Trinajstić information content (AvgIpc) is 3.52. The van der Waals surface area contributed by atoms with Crippen LogP contribution in [0.15, 0.2) is 168 Å². The van der Waals surface area contributed by atoms with Crippen LogP contribution >= 0.6 is 0 Å². The van der Waals surface area contributed by atoms with E-state index in [2.05, 4.69) is 154 Å². The van der Waals surface area contributed by atoms with Crippen molar-refractivity contribution in [1.82, 2.24) is 10.3 Å². The van der Waals surface area contributed by atoms with Crippen LogP contribution < -0.4 is 5.32 Å². The number of amidine groups is 1. The van der Waals surface area contributed by atoms with E-state index in [4.69, 9.17) is 9.98 Å². The Bertz CT molecular complexity index is 2260. The van der Waals surface area contributed by atoms with E-state index in [1.165, 1.54) is 39.0 Å². The van der Waals surface area contributed by atoms with Crippen LogP contribution in [0.5, 0.6) is 0 Å². The zero-order valence-corrected chi connectivity index (χ0v) is 31.8. The van der Waals surface area contributed by atoms with Crippen molar-refractivity contribution in [2.75, 3.05) is 0 Å². The summed E-state index contributed by atoms with van der Waals surface area (Å²) in [6.45, 7) is 8.63. The Labute approximate surface area is 321 Å². The maximum absolute atomic E-state index is 9.43. The average molecular weight is 705 g/mol. The lowest BCUT2D eigenvalue weighted by Crippen LogP contribution is -2.32. The lowest BCUT2D eigenvalue weighted by Gasteiger charge is -2.35. The summed E-state index contributed by atoms with van der Waals surface area (Å²) in [4.78, 5) is 10.3. The fourth-order valence-corrected chi connectivity index (χ4v) is 8.07. The molecular formula is C50H48N4. The first-order valence-corrected chi connectivity index (χ1v) is 19.2. The summed E-state index contributed by atoms with van der Waals surface area (Å²) < 4.78 is 0. The van der Waals surface area contributed by atoms with Crippen molar-refractivity contribution in [3.63, 3.8) is 0 Å². The third-order valence-corrected chi connectivity index (χ3v) is 10.6. The first kappa shape index (κ1) is 36.3. The summed E-state index contributed by atoms with van der Waals surface area (Å²) in [5.41, 5.74) is 13.5. The summed E-state index contributed by atoms with van der Waals surface area (Å²) in [6, 6.07) is 42.8. The number of unbranched alkanes of at least 4 members (excludes halogenated alkanes) is 1. The van der Waals surface area contributed by atoms with Crippen LogP contribution in [-0.2, 0) is 5.41 Å². The molecule has 2 aliphatic carbocycles. The molecule has 0 amide bonds. The molecule has 0 radical (unpaired) electrons. The highest BCUT2D eigenvalue weighted by Crippen LogP contribution is 2.57. The molecule has 0 saturated heterocycles. The molecule has 4 nitrogen and oxygen atoms in total. The van der Waals surface area contributed by atoms with Crippen LogP contribution in [0.2, 0.25) is 0 Å². The number of pyridine rings is 1. The second-order valence-electron chi connectivity index (χ2n) is 14.4. The largest absolute Gasteiger partial charge is 0.364 e. The minimum absolute atomic E-state index is 0.0535. The smallest absolute Gasteiger partial charge is 0.129 e. The molecule has 1 N–H and O–H groups in total. The van der Waals surface area contributed by atoms with Crippen molar-refractivity contribution in [3.05, 3.63) is 202 Å². The number of rotatable bonds is 11. The van der Waals surface area contributed by atoms with E-state index < -0.39 is 5.41 Å². The van der Waals surface area contributed by atoms with E-state index in [-0.39, 0.29) is 12.1 Å². The summed E-state index contributed by atoms with van der Waals surface area (Å²) in [5.74, 6) is 0.805. The van der Waals surface area contributed by atoms with Gasteiger partial charge in [-0.05, 0) is 133 Å². The molecule has 54 heavy (non-hydrogen) atoms. The molecule has 7 rings (SSSR count). The maximum atomic E-state index is 9.43. The molecule has 3 unspecified atom stereocenters. The number of nitriles is 1. The van der Waals surface area contributed by atoms with E-state index >= 15 is 0 Å². The topological polar surface area (TPSA) is 61.1 Å². The molecule has 0 spiro atoms. The molecule has 4 aromatic carbocycles. The Morgan fingerprint density at radius 3 is 2.48 bits per heavy atom. The van der Waals surface area contributed by atoms with Crippen LogP contribution in [0.25, 0.3) is 16.7 Å². The van der Waals surface area contributed by atoms with Gasteiger partial charge in [0.1, 0.15) is 5.84 Å². The quantitative estimate of drug-likeness (QED) is 0.0846. The van der Waals surface area contributed by atoms with Gasteiger partial charge >= 0.3 is 0 Å². The van der Waals surface area contributed by atoms with Crippen LogP contribution in [-0.4, -0.2) is 16.9 Å². The number of benzene rings is 4. The molecule has 0 saturated carbocycles. The van der Waals surface area contributed by atoms with Gasteiger partial charge in [0, 0.05) is 17.8 Å². The summed E-state index contributed by atoms with van der Waals surface area (Å²) in [6.07, 6.45) is 17.4. The van der Waals surface area contributed by atoms with E-state index in [9.17, 15) is 5.26 Å². The number of fused-ring (bicyclic) bond motifs is 2. The molecular weight excluding hydrogens is 657 g/mol. The fraction of sp³-hybridized carbons (Fsp3) is 0.220. The molecule has 2 aliphatic rings. The highest BCUT2D eigenvalue weighted by molar-refractivity contribution is 5.99. The number of allylic oxidation sites excluding steroid dienone is 7. The summed E-state index contributed by atoms with van der Waals surface area (Å²) >= 11 is 0. The first-order chi connectivity index (χ1) is 26.4. The van der Waals surface area contributed by atoms with Gasteiger partial charge in [0.15, 0.2) is 0 Å². The third kappa shape index (κ3) is 7.28. The van der Waals surface area contributed by atoms with Gasteiger partial charge in [-0.1, -0.05) is 116 Å². The van der Waals surface area contributed by atoms with Crippen molar-refractivity contribution in [2.45, 2.75) is 70.9 Å². The summed E-state index contributed by atoms with van der Waals surface area (Å²) in [7, 11) is 0. The lowest BCUT2D eigenvalue weighted by atomic mass is 9.67. The highest BCUT2D eigenvalue weighted by Gasteiger charge is 2.48. The van der Waals surface area contributed by atoms with E-state index in [0.717, 1.165) is 53.9 Å².